The number of phosphoric ester groups is 1. The molecule has 0 saturated carbocycles. The van der Waals surface area contributed by atoms with Gasteiger partial charge in [-0.05, 0) is 68.4 Å². The molecule has 0 spiro atoms. The minimum Gasteiger partial charge on any atom is -0.361 e. The fourth-order valence-corrected chi connectivity index (χ4v) is 7.46. The van der Waals surface area contributed by atoms with E-state index in [9.17, 15) is 28.5 Å². The summed E-state index contributed by atoms with van der Waals surface area (Å²) in [5.41, 5.74) is 0.751. The minimum atomic E-state index is -4.06. The summed E-state index contributed by atoms with van der Waals surface area (Å²) in [6.45, 7) is 13.2. The third-order valence-corrected chi connectivity index (χ3v) is 11.2. The molecule has 0 bridgehead atoms. The van der Waals surface area contributed by atoms with Crippen LogP contribution < -0.4 is 21.3 Å². The third kappa shape index (κ3) is 18.1. The third-order valence-electron chi connectivity index (χ3n) is 9.76. The van der Waals surface area contributed by atoms with Crippen molar-refractivity contribution in [2.24, 2.45) is 11.8 Å². The molecule has 328 valence electrons. The van der Waals surface area contributed by atoms with Crippen molar-refractivity contribution in [1.82, 2.24) is 21.3 Å². The zero-order valence-corrected chi connectivity index (χ0v) is 36.9. The van der Waals surface area contributed by atoms with Crippen LogP contribution in [0.15, 0.2) is 60.7 Å². The number of carbonyl (C=O) groups excluding carboxylic acids is 5. The summed E-state index contributed by atoms with van der Waals surface area (Å²) >= 11 is 0. The quantitative estimate of drug-likeness (QED) is 0.0429. The fourth-order valence-electron chi connectivity index (χ4n) is 6.25. The number of Topliss-reactive ketones (excluding diaryl/α,β-unsaturated/α-hetero) is 1. The van der Waals surface area contributed by atoms with Gasteiger partial charge in [-0.15, -0.1) is 0 Å². The van der Waals surface area contributed by atoms with Gasteiger partial charge in [-0.1, -0.05) is 115 Å². The topological polar surface area (TPSA) is 191 Å². The number of nitrogens with one attached hydrogen (secondary N) is 4. The minimum absolute atomic E-state index is 0.0555. The second kappa shape index (κ2) is 25.0. The van der Waals surface area contributed by atoms with Crippen LogP contribution >= 0.6 is 7.82 Å². The summed E-state index contributed by atoms with van der Waals surface area (Å²) in [6.07, 6.45) is 4.14. The molecule has 0 aromatic heterocycles. The summed E-state index contributed by atoms with van der Waals surface area (Å²) in [6, 6.07) is 14.5. The molecule has 0 radical (unpaired) electrons. The molecular weight excluding hydrogens is 775 g/mol. The number of carbonyl (C=O) groups is 5. The number of ether oxygens (including phenoxy) is 1. The Bertz CT molecular complexity index is 1660. The van der Waals surface area contributed by atoms with Crippen molar-refractivity contribution in [2.75, 3.05) is 26.4 Å². The van der Waals surface area contributed by atoms with Crippen LogP contribution in [0, 0.1) is 11.8 Å². The SMILES string of the molecule is CCCCOP(=O)(OCCCC)OCC(=O)N[C@@H](CCc1ccccc1)C(=O)N[C@@H](CC(C)C)C(=O)N[C@@H](Cc1ccccc1)C(=O)N[C@@H](CC(C)C)C(=O)[C@@]1(C)CO1. The molecule has 14 nitrogen and oxygen atoms in total. The molecule has 1 aliphatic heterocycles. The Balaban J connectivity index is 1.82. The van der Waals surface area contributed by atoms with Crippen LogP contribution in [0.1, 0.15) is 105 Å². The highest BCUT2D eigenvalue weighted by Gasteiger charge is 2.50. The highest BCUT2D eigenvalue weighted by molar-refractivity contribution is 7.48. The standard InChI is InChI=1S/C44H67N4O10P/c1-8-10-24-56-59(54,57-25-11-9-2)58-29-39(49)45-35(23-22-33-18-14-12-15-19-33)41(51)47-37(27-32(5)6)42(52)48-38(28-34-20-16-13-17-21-34)43(53)46-36(26-31(3)4)40(50)44(7)30-55-44/h12-21,31-32,35-38H,8-11,22-30H2,1-7H3,(H,45,49)(H,46,53)(H,47,51)(H,48,52)/t35-,36-,37-,38-,44+/m0/s1. The Kier molecular flexibility index (Phi) is 20.9. The Morgan fingerprint density at radius 1 is 0.678 bits per heavy atom. The van der Waals surface area contributed by atoms with Crippen molar-refractivity contribution in [3.05, 3.63) is 71.8 Å². The van der Waals surface area contributed by atoms with Gasteiger partial charge in [-0.2, -0.15) is 0 Å². The number of phosphoric acid groups is 1. The predicted molar refractivity (Wildman–Crippen MR) is 226 cm³/mol. The molecule has 5 atom stereocenters. The van der Waals surface area contributed by atoms with Crippen molar-refractivity contribution in [3.63, 3.8) is 0 Å². The average molecular weight is 843 g/mol. The first-order chi connectivity index (χ1) is 28.1. The molecular formula is C44H67N4O10P. The summed E-state index contributed by atoms with van der Waals surface area (Å²) in [7, 11) is -4.06. The molecule has 1 saturated heterocycles. The van der Waals surface area contributed by atoms with Gasteiger partial charge in [0.1, 0.15) is 30.3 Å². The van der Waals surface area contributed by atoms with Crippen molar-refractivity contribution < 1.29 is 46.8 Å². The molecule has 59 heavy (non-hydrogen) atoms. The molecule has 2 aromatic rings. The van der Waals surface area contributed by atoms with Crippen LogP contribution in [-0.4, -0.2) is 85.6 Å². The number of hydrogen-bond acceptors (Lipinski definition) is 10. The molecule has 2 aromatic carbocycles. The van der Waals surface area contributed by atoms with Gasteiger partial charge in [0.25, 0.3) is 0 Å². The van der Waals surface area contributed by atoms with Gasteiger partial charge in [0.15, 0.2) is 5.78 Å². The van der Waals surface area contributed by atoms with E-state index in [0.717, 1.165) is 24.0 Å². The maximum absolute atomic E-state index is 14.2. The lowest BCUT2D eigenvalue weighted by Gasteiger charge is -2.28. The number of unbranched alkanes of at least 4 members (excludes halogenated alkanes) is 2. The molecule has 15 heteroatoms. The highest BCUT2D eigenvalue weighted by Crippen LogP contribution is 2.49. The van der Waals surface area contributed by atoms with Crippen molar-refractivity contribution >= 4 is 37.2 Å². The summed E-state index contributed by atoms with van der Waals surface area (Å²) in [4.78, 5) is 69.0. The lowest BCUT2D eigenvalue weighted by Crippen LogP contribution is -2.59. The van der Waals surface area contributed by atoms with E-state index in [-0.39, 0.29) is 56.7 Å². The van der Waals surface area contributed by atoms with Crippen LogP contribution in [-0.2, 0) is 59.7 Å². The monoisotopic (exact) mass is 842 g/mol. The zero-order valence-electron chi connectivity index (χ0n) is 36.0. The molecule has 0 unspecified atom stereocenters. The van der Waals surface area contributed by atoms with E-state index < -0.39 is 67.8 Å². The smallest absolute Gasteiger partial charge is 0.361 e. The molecule has 4 N–H and O–H groups in total. The molecule has 0 aliphatic carbocycles. The lowest BCUT2D eigenvalue weighted by atomic mass is 9.93. The number of aryl methyl sites for hydroxylation is 1. The lowest BCUT2D eigenvalue weighted by molar-refractivity contribution is -0.135. The van der Waals surface area contributed by atoms with E-state index in [4.69, 9.17) is 18.3 Å². The van der Waals surface area contributed by atoms with E-state index in [1.54, 1.807) is 6.92 Å². The molecule has 1 fully saturated rings. The van der Waals surface area contributed by atoms with Crippen molar-refractivity contribution in [3.8, 4) is 0 Å². The number of benzene rings is 2. The number of epoxide rings is 1. The number of rotatable bonds is 29. The first kappa shape index (κ1) is 49.4. The van der Waals surface area contributed by atoms with E-state index >= 15 is 0 Å². The second-order valence-corrected chi connectivity index (χ2v) is 17.9. The van der Waals surface area contributed by atoms with Crippen molar-refractivity contribution in [2.45, 2.75) is 136 Å². The largest absolute Gasteiger partial charge is 0.475 e. The van der Waals surface area contributed by atoms with E-state index in [1.165, 1.54) is 0 Å². The first-order valence-electron chi connectivity index (χ1n) is 21.1. The number of hydrogen-bond donors (Lipinski definition) is 4. The Hall–Kier alpha value is -3.94. The van der Waals surface area contributed by atoms with E-state index in [1.807, 2.05) is 102 Å². The van der Waals surface area contributed by atoms with E-state index in [0.29, 0.717) is 25.7 Å². The maximum atomic E-state index is 14.2. The Morgan fingerprint density at radius 3 is 1.68 bits per heavy atom. The highest BCUT2D eigenvalue weighted by atomic mass is 31.2. The average Bonchev–Trinajstić information content (AvgIpc) is 3.96. The van der Waals surface area contributed by atoms with Crippen LogP contribution in [0.4, 0.5) is 0 Å². The Labute approximate surface area is 350 Å². The first-order valence-corrected chi connectivity index (χ1v) is 22.5. The Morgan fingerprint density at radius 2 is 1.15 bits per heavy atom. The van der Waals surface area contributed by atoms with Crippen molar-refractivity contribution in [1.29, 1.82) is 0 Å². The normalized spacial score (nSPS) is 17.1. The van der Waals surface area contributed by atoms with Crippen LogP contribution in [0.25, 0.3) is 0 Å². The molecule has 4 amide bonds. The number of amides is 4. The van der Waals surface area contributed by atoms with Gasteiger partial charge < -0.3 is 26.0 Å². The molecule has 3 rings (SSSR count). The van der Waals surface area contributed by atoms with Gasteiger partial charge in [0.05, 0.1) is 25.9 Å². The van der Waals surface area contributed by atoms with Gasteiger partial charge in [-0.3, -0.25) is 37.5 Å². The van der Waals surface area contributed by atoms with Gasteiger partial charge in [0, 0.05) is 6.42 Å². The van der Waals surface area contributed by atoms with Crippen LogP contribution in [0.2, 0.25) is 0 Å². The van der Waals surface area contributed by atoms with E-state index in [2.05, 4.69) is 21.3 Å². The maximum Gasteiger partial charge on any atom is 0.475 e. The van der Waals surface area contributed by atoms with Gasteiger partial charge in [0.2, 0.25) is 23.6 Å². The van der Waals surface area contributed by atoms with Crippen LogP contribution in [0.3, 0.4) is 0 Å². The summed E-state index contributed by atoms with van der Waals surface area (Å²) < 4.78 is 35.1. The number of ketones is 1. The molecule has 1 heterocycles. The zero-order chi connectivity index (χ0) is 43.4. The predicted octanol–water partition coefficient (Wildman–Crippen LogP) is 6.01. The second-order valence-electron chi connectivity index (χ2n) is 16.3. The van der Waals surface area contributed by atoms with Crippen LogP contribution in [0.5, 0.6) is 0 Å². The summed E-state index contributed by atoms with van der Waals surface area (Å²) in [5, 5.41) is 11.3. The van der Waals surface area contributed by atoms with Gasteiger partial charge >= 0.3 is 7.82 Å². The summed E-state index contributed by atoms with van der Waals surface area (Å²) in [5.74, 6) is -2.68. The fraction of sp³-hybridized carbons (Fsp3) is 0.614. The molecule has 1 aliphatic rings. The van der Waals surface area contributed by atoms with Gasteiger partial charge in [-0.25, -0.2) is 4.57 Å².